The Morgan fingerprint density at radius 1 is 0.897 bits per heavy atom. The number of rotatable bonds is 3. The fraction of sp³-hybridized carbons (Fsp3) is 0.694. The summed E-state index contributed by atoms with van der Waals surface area (Å²) in [5.74, 6) is 1.85. The van der Waals surface area contributed by atoms with Crippen LogP contribution in [-0.4, -0.2) is 11.1 Å². The number of anilines is 1. The third kappa shape index (κ3) is 3.37. The molecule has 0 bridgehead atoms. The minimum absolute atomic E-state index is 0.101. The van der Waals surface area contributed by atoms with Gasteiger partial charge in [-0.25, -0.2) is 0 Å². The molecule has 212 valence electrons. The van der Waals surface area contributed by atoms with Crippen molar-refractivity contribution < 1.29 is 9.90 Å². The number of nitrogens with two attached hydrogens (primary N) is 1. The van der Waals surface area contributed by atoms with Gasteiger partial charge in [0.15, 0.2) is 0 Å². The van der Waals surface area contributed by atoms with Gasteiger partial charge < -0.3 is 10.8 Å². The van der Waals surface area contributed by atoms with E-state index in [4.69, 9.17) is 5.73 Å². The van der Waals surface area contributed by atoms with Gasteiger partial charge in [0.2, 0.25) is 0 Å². The van der Waals surface area contributed by atoms with Gasteiger partial charge in [0.05, 0.1) is 5.41 Å². The summed E-state index contributed by atoms with van der Waals surface area (Å²) >= 11 is 0. The molecule has 0 heterocycles. The van der Waals surface area contributed by atoms with Crippen LogP contribution in [0.3, 0.4) is 0 Å². The fourth-order valence-electron chi connectivity index (χ4n) is 12.3. The molecule has 9 atom stereocenters. The van der Waals surface area contributed by atoms with Crippen molar-refractivity contribution in [2.24, 2.45) is 56.7 Å². The third-order valence-electron chi connectivity index (χ3n) is 14.3. The van der Waals surface area contributed by atoms with Gasteiger partial charge in [0.1, 0.15) is 0 Å². The lowest BCUT2D eigenvalue weighted by Crippen LogP contribution is -2.65. The number of nitrogen functional groups attached to an aromatic ring is 1. The van der Waals surface area contributed by atoms with Gasteiger partial charge in [-0.3, -0.25) is 4.79 Å². The number of hydrogen-bond acceptors (Lipinski definition) is 2. The Kier molecular flexibility index (Phi) is 5.91. The van der Waals surface area contributed by atoms with Gasteiger partial charge in [-0.2, -0.15) is 0 Å². The van der Waals surface area contributed by atoms with Gasteiger partial charge in [-0.05, 0) is 139 Å². The van der Waals surface area contributed by atoms with Crippen LogP contribution in [0.25, 0.3) is 5.57 Å². The summed E-state index contributed by atoms with van der Waals surface area (Å²) in [6, 6.07) is 8.51. The summed E-state index contributed by atoms with van der Waals surface area (Å²) in [5.41, 5.74) is 11.1. The maximum absolute atomic E-state index is 12.9. The van der Waals surface area contributed by atoms with E-state index >= 15 is 0 Å². The van der Waals surface area contributed by atoms with Crippen LogP contribution in [0.4, 0.5) is 5.69 Å². The highest BCUT2D eigenvalue weighted by Gasteiger charge is 2.71. The Morgan fingerprint density at radius 3 is 2.23 bits per heavy atom. The molecule has 0 saturated heterocycles. The normalized spacial score (nSPS) is 46.2. The molecule has 4 saturated carbocycles. The Morgan fingerprint density at radius 2 is 1.59 bits per heavy atom. The van der Waals surface area contributed by atoms with Crippen LogP contribution in [0.1, 0.15) is 105 Å². The number of allylic oxidation sites excluding steroid dienone is 3. The van der Waals surface area contributed by atoms with Crippen molar-refractivity contribution in [2.45, 2.75) is 99.3 Å². The van der Waals surface area contributed by atoms with Crippen molar-refractivity contribution in [1.82, 2.24) is 0 Å². The lowest BCUT2D eigenvalue weighted by atomic mass is 9.32. The third-order valence-corrected chi connectivity index (χ3v) is 14.3. The van der Waals surface area contributed by atoms with Crippen molar-refractivity contribution in [2.75, 3.05) is 5.73 Å². The van der Waals surface area contributed by atoms with Crippen LogP contribution in [0, 0.1) is 56.7 Å². The van der Waals surface area contributed by atoms with Crippen LogP contribution in [-0.2, 0) is 4.79 Å². The number of carbonyl (C=O) groups is 1. The molecule has 6 rings (SSSR count). The van der Waals surface area contributed by atoms with E-state index in [9.17, 15) is 9.90 Å². The average molecular weight is 530 g/mol. The summed E-state index contributed by atoms with van der Waals surface area (Å²) in [6.07, 6.45) is 12.4. The number of carboxylic acid groups (broad SMARTS) is 1. The van der Waals surface area contributed by atoms with Gasteiger partial charge in [-0.1, -0.05) is 65.0 Å². The smallest absolute Gasteiger partial charge is 0.309 e. The highest BCUT2D eigenvalue weighted by molar-refractivity contribution is 5.76. The Hall–Kier alpha value is -2.03. The minimum Gasteiger partial charge on any atom is -0.481 e. The zero-order valence-corrected chi connectivity index (χ0v) is 25.3. The average Bonchev–Trinajstić information content (AvgIpc) is 3.27. The van der Waals surface area contributed by atoms with Crippen LogP contribution >= 0.6 is 0 Å². The largest absolute Gasteiger partial charge is 0.481 e. The number of hydrogen-bond donors (Lipinski definition) is 2. The van der Waals surface area contributed by atoms with Gasteiger partial charge >= 0.3 is 5.97 Å². The van der Waals surface area contributed by atoms with E-state index in [1.54, 1.807) is 0 Å². The maximum atomic E-state index is 12.9. The lowest BCUT2D eigenvalue weighted by molar-refractivity contribution is -0.227. The molecule has 0 spiro atoms. The molecule has 1 aromatic carbocycles. The molecule has 1 aromatic rings. The molecule has 3 nitrogen and oxygen atoms in total. The Bertz CT molecular complexity index is 1230. The monoisotopic (exact) mass is 529 g/mol. The van der Waals surface area contributed by atoms with E-state index in [0.29, 0.717) is 23.7 Å². The number of carboxylic acids is 1. The molecule has 5 aliphatic carbocycles. The van der Waals surface area contributed by atoms with Crippen LogP contribution in [0.15, 0.2) is 42.5 Å². The van der Waals surface area contributed by atoms with Crippen molar-refractivity contribution in [3.05, 3.63) is 48.1 Å². The van der Waals surface area contributed by atoms with E-state index in [-0.39, 0.29) is 27.6 Å². The molecule has 4 fully saturated rings. The van der Waals surface area contributed by atoms with Crippen LogP contribution in [0.5, 0.6) is 0 Å². The number of aliphatic carboxylic acids is 1. The lowest BCUT2D eigenvalue weighted by Gasteiger charge is -2.72. The molecular weight excluding hydrogens is 478 g/mol. The van der Waals surface area contributed by atoms with Crippen LogP contribution in [0.2, 0.25) is 0 Å². The summed E-state index contributed by atoms with van der Waals surface area (Å²) in [6.45, 7) is 19.4. The Labute approximate surface area is 236 Å². The summed E-state index contributed by atoms with van der Waals surface area (Å²) in [4.78, 5) is 12.9. The van der Waals surface area contributed by atoms with Gasteiger partial charge in [-0.15, -0.1) is 0 Å². The molecule has 5 aliphatic rings. The first-order valence-electron chi connectivity index (χ1n) is 15.7. The van der Waals surface area contributed by atoms with Gasteiger partial charge in [0.25, 0.3) is 0 Å². The second-order valence-electron chi connectivity index (χ2n) is 15.8. The van der Waals surface area contributed by atoms with Crippen molar-refractivity contribution in [3.8, 4) is 0 Å². The highest BCUT2D eigenvalue weighted by Crippen LogP contribution is 2.77. The number of benzene rings is 1. The van der Waals surface area contributed by atoms with Crippen LogP contribution < -0.4 is 5.73 Å². The van der Waals surface area contributed by atoms with Crippen molar-refractivity contribution >= 4 is 17.2 Å². The first-order chi connectivity index (χ1) is 18.2. The molecule has 0 unspecified atom stereocenters. The summed E-state index contributed by atoms with van der Waals surface area (Å²) < 4.78 is 0. The first-order valence-corrected chi connectivity index (χ1v) is 15.7. The highest BCUT2D eigenvalue weighted by atomic mass is 16.4. The SMILES string of the molecule is C=C(C)[C@@H]1CC[C@]2(C(=O)O)CC[C@]3(C)[C@H](CC[C@@H]4[C@@]5(C)CC=C(c6ccc(N)cc6)C(C)(C)[C@@H]5CC[C@]43C)[C@@H]12. The van der Waals surface area contributed by atoms with E-state index in [2.05, 4.69) is 66.3 Å². The summed E-state index contributed by atoms with van der Waals surface area (Å²) in [7, 11) is 0. The molecule has 0 aromatic heterocycles. The van der Waals surface area contributed by atoms with Crippen molar-refractivity contribution in [1.29, 1.82) is 0 Å². The fourth-order valence-corrected chi connectivity index (χ4v) is 12.3. The first kappa shape index (κ1) is 27.2. The molecule has 0 amide bonds. The topological polar surface area (TPSA) is 63.3 Å². The quantitative estimate of drug-likeness (QED) is 0.303. The molecule has 0 radical (unpaired) electrons. The second kappa shape index (κ2) is 8.49. The van der Waals surface area contributed by atoms with E-state index < -0.39 is 11.4 Å². The predicted molar refractivity (Wildman–Crippen MR) is 161 cm³/mol. The molecular formula is C36H51NO2. The predicted octanol–water partition coefficient (Wildman–Crippen LogP) is 9.00. The van der Waals surface area contributed by atoms with Crippen molar-refractivity contribution in [3.63, 3.8) is 0 Å². The Balaban J connectivity index is 1.39. The van der Waals surface area contributed by atoms with E-state index in [0.717, 1.165) is 37.8 Å². The van der Waals surface area contributed by atoms with Gasteiger partial charge in [0, 0.05) is 5.69 Å². The number of fused-ring (bicyclic) bond motifs is 7. The van der Waals surface area contributed by atoms with E-state index in [1.807, 2.05) is 12.1 Å². The zero-order valence-electron chi connectivity index (χ0n) is 25.3. The standard InChI is InChI=1S/C36H51NO2/c1-22(2)25-14-19-36(31(38)39)21-20-34(6)27(30(25)36)12-13-29-33(5)17-15-26(23-8-10-24(37)11-9-23)32(3,4)28(33)16-18-35(29,34)7/h8-11,15,25,27-30H,1,12-14,16-21,37H2,2-7H3,(H,38,39)/t25-,27+,28-,29+,30+,33-,34+,35+,36-/m0/s1. The molecule has 39 heavy (non-hydrogen) atoms. The molecule has 3 heteroatoms. The second-order valence-corrected chi connectivity index (χ2v) is 15.8. The summed E-state index contributed by atoms with van der Waals surface area (Å²) in [5, 5.41) is 10.6. The maximum Gasteiger partial charge on any atom is 0.309 e. The zero-order chi connectivity index (χ0) is 28.2. The minimum atomic E-state index is -0.540. The van der Waals surface area contributed by atoms with E-state index in [1.165, 1.54) is 42.4 Å². The molecule has 3 N–H and O–H groups in total. The molecule has 0 aliphatic heterocycles.